The molecule has 2 fully saturated rings. The van der Waals surface area contributed by atoms with Crippen molar-refractivity contribution in [2.45, 2.75) is 12.6 Å². The summed E-state index contributed by atoms with van der Waals surface area (Å²) in [7, 11) is 0. The van der Waals surface area contributed by atoms with Crippen LogP contribution in [0.2, 0.25) is 0 Å². The largest absolute Gasteiger partial charge is 0.378 e. The Hall–Kier alpha value is -5.78. The maximum absolute atomic E-state index is 13.1. The number of ether oxygens (including phenoxy) is 2. The number of ketones is 4. The van der Waals surface area contributed by atoms with E-state index in [1.807, 2.05) is 0 Å². The number of nitrogens with one attached hydrogen (secondary N) is 3. The molecule has 0 spiro atoms. The molecular weight excluding hydrogens is 828 g/mol. The van der Waals surface area contributed by atoms with Gasteiger partial charge in [0.2, 0.25) is 11.8 Å². The predicted molar refractivity (Wildman–Crippen MR) is 229 cm³/mol. The van der Waals surface area contributed by atoms with Crippen LogP contribution >= 0.6 is 35.6 Å². The maximum Gasteiger partial charge on any atom is 0.237 e. The monoisotopic (exact) mass is 866 g/mol. The van der Waals surface area contributed by atoms with Crippen LogP contribution in [0.3, 0.4) is 0 Å². The van der Waals surface area contributed by atoms with E-state index in [4.69, 9.17) is 33.3 Å². The first kappa shape index (κ1) is 42.3. The molecule has 2 saturated heterocycles. The number of aromatic amines is 3. The van der Waals surface area contributed by atoms with E-state index in [-0.39, 0.29) is 54.0 Å². The summed E-state index contributed by atoms with van der Waals surface area (Å²) < 4.78 is 10.8. The molecule has 3 N–H and O–H groups in total. The van der Waals surface area contributed by atoms with Gasteiger partial charge in [0.15, 0.2) is 33.1 Å². The van der Waals surface area contributed by atoms with Gasteiger partial charge in [-0.3, -0.25) is 28.8 Å². The average Bonchev–Trinajstić information content (AvgIpc) is 3.89. The van der Waals surface area contributed by atoms with Crippen molar-refractivity contribution >= 4 is 92.6 Å². The first-order valence-corrected chi connectivity index (χ1v) is 20.6. The van der Waals surface area contributed by atoms with Crippen molar-refractivity contribution in [1.82, 2.24) is 29.7 Å². The van der Waals surface area contributed by atoms with Gasteiger partial charge in [0.25, 0.3) is 0 Å². The third-order valence-electron chi connectivity index (χ3n) is 10.3. The number of morpholine rings is 2. The summed E-state index contributed by atoms with van der Waals surface area (Å²) in [6.45, 7) is 4.98. The SMILES string of the molecule is C.O=C(CCl)N1CCOCC1.O=C1c2ccccc2C(=O)c2c1ccc1[nH]c(=S)[nH]c21.O=C1c2ccccc2C(=O)c2c1ccc1[nH]c(SCC(=O)N3CCOCC3)nc21. The van der Waals surface area contributed by atoms with Crippen LogP contribution in [0.25, 0.3) is 22.1 Å². The number of benzene rings is 4. The zero-order valence-corrected chi connectivity index (χ0v) is 33.7. The highest BCUT2D eigenvalue weighted by molar-refractivity contribution is 7.99. The van der Waals surface area contributed by atoms with E-state index < -0.39 is 0 Å². The van der Waals surface area contributed by atoms with Crippen LogP contribution in [-0.4, -0.2) is 129 Å². The predicted octanol–water partition coefficient (Wildman–Crippen LogP) is 6.01. The van der Waals surface area contributed by atoms with E-state index >= 15 is 0 Å². The van der Waals surface area contributed by atoms with E-state index in [9.17, 15) is 28.8 Å². The fourth-order valence-electron chi connectivity index (χ4n) is 7.32. The zero-order valence-electron chi connectivity index (χ0n) is 31.3. The molecule has 10 rings (SSSR count). The van der Waals surface area contributed by atoms with Crippen molar-refractivity contribution in [1.29, 1.82) is 0 Å². The second-order valence-corrected chi connectivity index (χ2v) is 15.4. The number of thioether (sulfide) groups is 1. The zero-order chi connectivity index (χ0) is 41.2. The number of carbonyl (C=O) groups excluding carboxylic acids is 6. The van der Waals surface area contributed by atoms with E-state index in [0.717, 1.165) is 5.52 Å². The van der Waals surface area contributed by atoms with Crippen molar-refractivity contribution in [3.8, 4) is 0 Å². The summed E-state index contributed by atoms with van der Waals surface area (Å²) in [5, 5.41) is 0.550. The number of imidazole rings is 2. The van der Waals surface area contributed by atoms with Crippen LogP contribution in [0, 0.1) is 4.77 Å². The van der Waals surface area contributed by atoms with Gasteiger partial charge in [-0.25, -0.2) is 4.98 Å². The average molecular weight is 867 g/mol. The van der Waals surface area contributed by atoms with Crippen LogP contribution in [0.15, 0.2) is 78.0 Å². The van der Waals surface area contributed by atoms with Crippen molar-refractivity contribution in [3.63, 3.8) is 0 Å². The van der Waals surface area contributed by atoms with Crippen molar-refractivity contribution in [3.05, 3.63) is 122 Å². The Balaban J connectivity index is 0.000000152. The molecule has 6 aromatic rings. The number of halogens is 1. The highest BCUT2D eigenvalue weighted by atomic mass is 35.5. The smallest absolute Gasteiger partial charge is 0.237 e. The quantitative estimate of drug-likeness (QED) is 0.107. The Bertz CT molecular complexity index is 2750. The topological polar surface area (TPSA) is 188 Å². The number of aromatic nitrogens is 4. The lowest BCUT2D eigenvalue weighted by Gasteiger charge is -2.26. The summed E-state index contributed by atoms with van der Waals surface area (Å²) in [6, 6.07) is 20.6. The number of nitrogens with zero attached hydrogens (tertiary/aromatic N) is 3. The van der Waals surface area contributed by atoms with Crippen molar-refractivity contribution < 1.29 is 38.2 Å². The Morgan fingerprint density at radius 3 is 1.67 bits per heavy atom. The molecule has 14 nitrogen and oxygen atoms in total. The van der Waals surface area contributed by atoms with Gasteiger partial charge in [0.1, 0.15) is 11.4 Å². The summed E-state index contributed by atoms with van der Waals surface area (Å²) in [4.78, 5) is 91.4. The fraction of sp³-hybridized carbons (Fsp3) is 0.256. The highest BCUT2D eigenvalue weighted by Gasteiger charge is 2.33. The Kier molecular flexibility index (Phi) is 12.9. The molecule has 4 aliphatic rings. The number of carbonyl (C=O) groups is 6. The molecule has 0 saturated carbocycles. The maximum atomic E-state index is 13.1. The summed E-state index contributed by atoms with van der Waals surface area (Å²) >= 11 is 11.7. The van der Waals surface area contributed by atoms with Crippen LogP contribution in [0.5, 0.6) is 0 Å². The fourth-order valence-corrected chi connectivity index (χ4v) is 8.48. The van der Waals surface area contributed by atoms with Gasteiger partial charge in [0.05, 0.1) is 59.9 Å². The summed E-state index contributed by atoms with van der Waals surface area (Å²) in [5.74, 6) is -0.280. The van der Waals surface area contributed by atoms with Crippen molar-refractivity contribution in [2.24, 2.45) is 0 Å². The second-order valence-electron chi connectivity index (χ2n) is 13.7. The molecule has 60 heavy (non-hydrogen) atoms. The molecular formula is C43H39ClN6O8S2. The number of fused-ring (bicyclic) bond motifs is 8. The number of alkyl halides is 1. The molecule has 17 heteroatoms. The van der Waals surface area contributed by atoms with Gasteiger partial charge in [-0.1, -0.05) is 67.7 Å². The minimum Gasteiger partial charge on any atom is -0.378 e. The molecule has 4 aromatic carbocycles. The number of hydrogen-bond donors (Lipinski definition) is 3. The van der Waals surface area contributed by atoms with Gasteiger partial charge in [0, 0.05) is 59.6 Å². The van der Waals surface area contributed by atoms with Crippen LogP contribution in [-0.2, 0) is 19.1 Å². The standard InChI is InChI=1S/C21H17N3O4S.C15H8N2O2S.C6H10ClNO2.CH4/c25-16(24-7-9-28-10-8-24)11-29-21-22-15-6-5-14-17(18(15)23-21)20(27)13-4-2-1-3-12(13)19(14)26;18-13-7-3-1-2-4-8(7)14(19)11-9(13)5-6-10-12(11)17-15(20)16-10;7-5-6(9)8-1-3-10-4-2-8;/h1-6H,7-11H2,(H,22,23);1-6H,(H2,16,17,20);1-5H2;1H4. The van der Waals surface area contributed by atoms with Gasteiger partial charge in [-0.15, -0.1) is 11.6 Å². The van der Waals surface area contributed by atoms with Crippen LogP contribution in [0.1, 0.15) is 71.1 Å². The molecule has 2 aromatic heterocycles. The summed E-state index contributed by atoms with van der Waals surface area (Å²) in [5.41, 5.74) is 5.71. The third kappa shape index (κ3) is 8.20. The Labute approximate surface area is 358 Å². The van der Waals surface area contributed by atoms with Gasteiger partial charge < -0.3 is 34.2 Å². The lowest BCUT2D eigenvalue weighted by Crippen LogP contribution is -2.41. The van der Waals surface area contributed by atoms with Crippen LogP contribution in [0.4, 0.5) is 0 Å². The molecule has 308 valence electrons. The van der Waals surface area contributed by atoms with E-state index in [2.05, 4.69) is 19.9 Å². The van der Waals surface area contributed by atoms with Crippen molar-refractivity contribution in [2.75, 3.05) is 64.2 Å². The van der Waals surface area contributed by atoms with E-state index in [1.165, 1.54) is 11.8 Å². The Morgan fingerprint density at radius 2 is 1.12 bits per heavy atom. The molecule has 2 aliphatic heterocycles. The number of amides is 2. The van der Waals surface area contributed by atoms with Gasteiger partial charge in [-0.2, -0.15) is 0 Å². The first-order chi connectivity index (χ1) is 28.6. The molecule has 0 bridgehead atoms. The van der Waals surface area contributed by atoms with Crippen LogP contribution < -0.4 is 0 Å². The molecule has 2 amide bonds. The highest BCUT2D eigenvalue weighted by Crippen LogP contribution is 2.34. The number of H-pyrrole nitrogens is 3. The molecule has 0 atom stereocenters. The van der Waals surface area contributed by atoms with Gasteiger partial charge >= 0.3 is 0 Å². The number of hydrogen-bond acceptors (Lipinski definition) is 11. The first-order valence-electron chi connectivity index (χ1n) is 18.7. The lowest BCUT2D eigenvalue weighted by molar-refractivity contribution is -0.133. The second kappa shape index (κ2) is 18.2. The number of rotatable bonds is 4. The third-order valence-corrected chi connectivity index (χ3v) is 11.6. The molecule has 4 heterocycles. The molecule has 2 aliphatic carbocycles. The minimum absolute atomic E-state index is 0. The molecule has 0 unspecified atom stereocenters. The van der Waals surface area contributed by atoms with E-state index in [1.54, 1.807) is 82.6 Å². The summed E-state index contributed by atoms with van der Waals surface area (Å²) in [6.07, 6.45) is 0. The van der Waals surface area contributed by atoms with Gasteiger partial charge in [-0.05, 0) is 36.5 Å². The molecule has 0 radical (unpaired) electrons. The van der Waals surface area contributed by atoms with E-state index in [0.29, 0.717) is 124 Å². The lowest BCUT2D eigenvalue weighted by atomic mass is 9.83. The minimum atomic E-state index is -0.201. The Morgan fingerprint density at radius 1 is 0.633 bits per heavy atom. The normalized spacial score (nSPS) is 15.4.